The molecule has 0 bridgehead atoms. The molecular formula is C17H26N6O. The van der Waals surface area contributed by atoms with Gasteiger partial charge < -0.3 is 9.88 Å². The Hall–Kier alpha value is -2.31. The Bertz CT molecular complexity index is 657. The number of rotatable bonds is 6. The van der Waals surface area contributed by atoms with Crippen LogP contribution in [0.5, 0.6) is 0 Å². The highest BCUT2D eigenvalue weighted by Crippen LogP contribution is 2.32. The van der Waals surface area contributed by atoms with E-state index in [2.05, 4.69) is 27.6 Å². The highest BCUT2D eigenvalue weighted by Gasteiger charge is 2.22. The van der Waals surface area contributed by atoms with Gasteiger partial charge in [-0.05, 0) is 26.2 Å². The third-order valence-electron chi connectivity index (χ3n) is 4.70. The van der Waals surface area contributed by atoms with Gasteiger partial charge in [-0.25, -0.2) is 14.5 Å². The van der Waals surface area contributed by atoms with Crippen LogP contribution < -0.4 is 10.6 Å². The van der Waals surface area contributed by atoms with Gasteiger partial charge in [0.05, 0.1) is 18.6 Å². The highest BCUT2D eigenvalue weighted by molar-refractivity contribution is 5.89. The molecule has 0 saturated heterocycles. The van der Waals surface area contributed by atoms with Crippen LogP contribution in [0.4, 0.5) is 10.6 Å². The van der Waals surface area contributed by atoms with Crippen molar-refractivity contribution in [3.05, 3.63) is 30.5 Å². The van der Waals surface area contributed by atoms with Crippen molar-refractivity contribution in [3.63, 3.8) is 0 Å². The Balaban J connectivity index is 1.62. The first-order valence-corrected chi connectivity index (χ1v) is 8.74. The normalized spacial score (nSPS) is 16.2. The molecule has 2 aromatic rings. The number of imidazole rings is 1. The molecule has 3 rings (SSSR count). The van der Waals surface area contributed by atoms with Crippen molar-refractivity contribution in [1.82, 2.24) is 24.6 Å². The van der Waals surface area contributed by atoms with Crippen LogP contribution in [-0.2, 0) is 6.54 Å². The van der Waals surface area contributed by atoms with E-state index in [4.69, 9.17) is 0 Å². The zero-order chi connectivity index (χ0) is 16.9. The molecule has 1 aliphatic rings. The minimum Gasteiger partial charge on any atom is -0.335 e. The number of anilines is 1. The number of carbonyl (C=O) groups excluding carboxylic acids is 1. The molecule has 0 spiro atoms. The average molecular weight is 330 g/mol. The Labute approximate surface area is 142 Å². The molecule has 1 fully saturated rings. The van der Waals surface area contributed by atoms with Crippen molar-refractivity contribution in [2.24, 2.45) is 0 Å². The van der Waals surface area contributed by atoms with Crippen molar-refractivity contribution >= 4 is 11.8 Å². The van der Waals surface area contributed by atoms with E-state index in [-0.39, 0.29) is 12.1 Å². The zero-order valence-corrected chi connectivity index (χ0v) is 14.4. The van der Waals surface area contributed by atoms with Gasteiger partial charge in [0, 0.05) is 30.5 Å². The van der Waals surface area contributed by atoms with Crippen LogP contribution in [0.15, 0.2) is 24.9 Å². The first-order valence-electron chi connectivity index (χ1n) is 8.74. The van der Waals surface area contributed by atoms with Crippen LogP contribution in [0.1, 0.15) is 50.6 Å². The van der Waals surface area contributed by atoms with Gasteiger partial charge in [0.1, 0.15) is 5.82 Å². The predicted molar refractivity (Wildman–Crippen MR) is 92.9 cm³/mol. The molecule has 7 heteroatoms. The summed E-state index contributed by atoms with van der Waals surface area (Å²) in [5.74, 6) is 0.817. The summed E-state index contributed by atoms with van der Waals surface area (Å²) in [4.78, 5) is 16.5. The van der Waals surface area contributed by atoms with E-state index in [0.29, 0.717) is 12.6 Å². The molecular weight excluding hydrogens is 304 g/mol. The standard InChI is InChI=1S/C17H26N6O/c1-3-14(11-22-9-8-18-12-22)20-17(24)21-16-13(2)10-19-23(16)15-6-4-5-7-15/h8-10,12,14-15H,3-7,11H2,1-2H3,(H2,20,21,24)/t14-/m0/s1. The molecule has 7 nitrogen and oxygen atoms in total. The van der Waals surface area contributed by atoms with Gasteiger partial charge in [0.25, 0.3) is 0 Å². The number of nitrogens with zero attached hydrogens (tertiary/aromatic N) is 4. The lowest BCUT2D eigenvalue weighted by molar-refractivity contribution is 0.246. The van der Waals surface area contributed by atoms with Crippen LogP contribution in [-0.4, -0.2) is 31.4 Å². The van der Waals surface area contributed by atoms with E-state index in [1.807, 2.05) is 28.6 Å². The number of aromatic nitrogens is 4. The minimum absolute atomic E-state index is 0.0577. The summed E-state index contributed by atoms with van der Waals surface area (Å²) in [7, 11) is 0. The second kappa shape index (κ2) is 7.51. The molecule has 1 aliphatic carbocycles. The predicted octanol–water partition coefficient (Wildman–Crippen LogP) is 3.10. The first kappa shape index (κ1) is 16.5. The van der Waals surface area contributed by atoms with Crippen molar-refractivity contribution in [2.45, 2.75) is 64.6 Å². The molecule has 2 N–H and O–H groups in total. The lowest BCUT2D eigenvalue weighted by Gasteiger charge is -2.20. The molecule has 1 saturated carbocycles. The Kier molecular flexibility index (Phi) is 5.17. The van der Waals surface area contributed by atoms with Gasteiger partial charge in [0.2, 0.25) is 0 Å². The summed E-state index contributed by atoms with van der Waals surface area (Å²) in [6.45, 7) is 4.76. The number of hydrogen-bond acceptors (Lipinski definition) is 3. The maximum absolute atomic E-state index is 12.4. The molecule has 24 heavy (non-hydrogen) atoms. The van der Waals surface area contributed by atoms with Gasteiger partial charge in [0.15, 0.2) is 0 Å². The van der Waals surface area contributed by atoms with Crippen molar-refractivity contribution < 1.29 is 4.79 Å². The molecule has 0 unspecified atom stereocenters. The number of nitrogens with one attached hydrogen (secondary N) is 2. The number of carbonyl (C=O) groups is 1. The van der Waals surface area contributed by atoms with Gasteiger partial charge >= 0.3 is 6.03 Å². The molecule has 130 valence electrons. The first-order chi connectivity index (χ1) is 11.7. The van der Waals surface area contributed by atoms with Crippen LogP contribution in [0.3, 0.4) is 0 Å². The molecule has 1 atom stereocenters. The number of aryl methyl sites for hydroxylation is 1. The van der Waals surface area contributed by atoms with Crippen molar-refractivity contribution in [3.8, 4) is 0 Å². The summed E-state index contributed by atoms with van der Waals surface area (Å²) in [5.41, 5.74) is 1.000. The summed E-state index contributed by atoms with van der Waals surface area (Å²) < 4.78 is 3.96. The fourth-order valence-electron chi connectivity index (χ4n) is 3.28. The molecule has 2 heterocycles. The molecule has 2 aromatic heterocycles. The Morgan fingerprint density at radius 2 is 2.21 bits per heavy atom. The minimum atomic E-state index is -0.176. The molecule has 0 aromatic carbocycles. The van der Waals surface area contributed by atoms with E-state index in [1.165, 1.54) is 12.8 Å². The summed E-state index contributed by atoms with van der Waals surface area (Å²) in [5, 5.41) is 10.5. The second-order valence-electron chi connectivity index (χ2n) is 6.52. The summed E-state index contributed by atoms with van der Waals surface area (Å²) in [6, 6.07) is 0.286. The maximum atomic E-state index is 12.4. The fraction of sp³-hybridized carbons (Fsp3) is 0.588. The smallest absolute Gasteiger partial charge is 0.320 e. The monoisotopic (exact) mass is 330 g/mol. The van der Waals surface area contributed by atoms with Crippen LogP contribution in [0.2, 0.25) is 0 Å². The van der Waals surface area contributed by atoms with E-state index in [9.17, 15) is 4.79 Å². The van der Waals surface area contributed by atoms with E-state index < -0.39 is 0 Å². The highest BCUT2D eigenvalue weighted by atomic mass is 16.2. The van der Waals surface area contributed by atoms with Gasteiger partial charge in [-0.3, -0.25) is 5.32 Å². The Morgan fingerprint density at radius 3 is 2.88 bits per heavy atom. The van der Waals surface area contributed by atoms with E-state index in [0.717, 1.165) is 30.6 Å². The van der Waals surface area contributed by atoms with Crippen molar-refractivity contribution in [2.75, 3.05) is 5.32 Å². The number of hydrogen-bond donors (Lipinski definition) is 2. The third-order valence-corrected chi connectivity index (χ3v) is 4.70. The maximum Gasteiger partial charge on any atom is 0.320 e. The lowest BCUT2D eigenvalue weighted by Crippen LogP contribution is -2.40. The Morgan fingerprint density at radius 1 is 1.42 bits per heavy atom. The SMILES string of the molecule is CC[C@@H](Cn1ccnc1)NC(=O)Nc1c(C)cnn1C1CCCC1. The van der Waals surface area contributed by atoms with Crippen LogP contribution in [0, 0.1) is 6.92 Å². The quantitative estimate of drug-likeness (QED) is 0.854. The molecule has 0 radical (unpaired) electrons. The van der Waals surface area contributed by atoms with Gasteiger partial charge in [-0.1, -0.05) is 19.8 Å². The van der Waals surface area contributed by atoms with E-state index in [1.54, 1.807) is 12.5 Å². The van der Waals surface area contributed by atoms with Crippen LogP contribution in [0.25, 0.3) is 0 Å². The lowest BCUT2D eigenvalue weighted by atomic mass is 10.2. The summed E-state index contributed by atoms with van der Waals surface area (Å²) >= 11 is 0. The molecule has 2 amide bonds. The molecule has 0 aliphatic heterocycles. The third kappa shape index (κ3) is 3.77. The van der Waals surface area contributed by atoms with Crippen LogP contribution >= 0.6 is 0 Å². The average Bonchev–Trinajstić information content (AvgIpc) is 3.30. The van der Waals surface area contributed by atoms with Crippen molar-refractivity contribution in [1.29, 1.82) is 0 Å². The second-order valence-corrected chi connectivity index (χ2v) is 6.52. The largest absolute Gasteiger partial charge is 0.335 e. The number of urea groups is 1. The number of amides is 2. The fourth-order valence-corrected chi connectivity index (χ4v) is 3.28. The zero-order valence-electron chi connectivity index (χ0n) is 14.4. The topological polar surface area (TPSA) is 76.8 Å². The van der Waals surface area contributed by atoms with Gasteiger partial charge in [-0.2, -0.15) is 5.10 Å². The van der Waals surface area contributed by atoms with Gasteiger partial charge in [-0.15, -0.1) is 0 Å². The summed E-state index contributed by atoms with van der Waals surface area (Å²) in [6.07, 6.45) is 12.8. The van der Waals surface area contributed by atoms with E-state index >= 15 is 0 Å².